The van der Waals surface area contributed by atoms with Gasteiger partial charge in [-0.1, -0.05) is 54.1 Å². The first kappa shape index (κ1) is 16.9. The van der Waals surface area contributed by atoms with Gasteiger partial charge in [-0.2, -0.15) is 0 Å². The summed E-state index contributed by atoms with van der Waals surface area (Å²) >= 11 is 7.60. The largest absolute Gasteiger partial charge is 0.333 e. The van der Waals surface area contributed by atoms with E-state index in [0.717, 1.165) is 25.8 Å². The summed E-state index contributed by atoms with van der Waals surface area (Å²) in [6.45, 7) is 0. The molecule has 5 rings (SSSR count). The standard InChI is InChI=1S/C21H12ClN3O2S/c22-15-8-4-3-7-14(15)18-9-16-19(28-18)20(26)25(21(27)24-16)17-11-23-10-12-5-1-2-6-13(12)17/h1-11H,(H,24,27). The number of hydrogen-bond donors (Lipinski definition) is 1. The number of pyridine rings is 1. The normalized spacial score (nSPS) is 11.3. The number of H-pyrrole nitrogens is 1. The van der Waals surface area contributed by atoms with Crippen LogP contribution in [-0.2, 0) is 0 Å². The molecule has 136 valence electrons. The van der Waals surface area contributed by atoms with Gasteiger partial charge in [0, 0.05) is 32.4 Å². The van der Waals surface area contributed by atoms with Crippen molar-refractivity contribution in [3.8, 4) is 16.1 Å². The number of aromatic nitrogens is 3. The molecule has 28 heavy (non-hydrogen) atoms. The van der Waals surface area contributed by atoms with E-state index in [1.807, 2.05) is 42.5 Å². The van der Waals surface area contributed by atoms with Crippen LogP contribution in [0.5, 0.6) is 0 Å². The third-order valence-electron chi connectivity index (χ3n) is 4.60. The summed E-state index contributed by atoms with van der Waals surface area (Å²) in [6.07, 6.45) is 3.24. The summed E-state index contributed by atoms with van der Waals surface area (Å²) in [6, 6.07) is 16.7. The molecule has 0 aliphatic carbocycles. The molecule has 0 unspecified atom stereocenters. The molecule has 0 amide bonds. The maximum Gasteiger partial charge on any atom is 0.333 e. The van der Waals surface area contributed by atoms with Crippen LogP contribution < -0.4 is 11.2 Å². The molecule has 1 N–H and O–H groups in total. The summed E-state index contributed by atoms with van der Waals surface area (Å²) in [5, 5.41) is 2.23. The fraction of sp³-hybridized carbons (Fsp3) is 0. The molecule has 5 nitrogen and oxygen atoms in total. The quantitative estimate of drug-likeness (QED) is 0.466. The summed E-state index contributed by atoms with van der Waals surface area (Å²) in [5.41, 5.74) is 0.904. The number of thiophene rings is 1. The van der Waals surface area contributed by atoms with Crippen molar-refractivity contribution in [1.82, 2.24) is 14.5 Å². The lowest BCUT2D eigenvalue weighted by atomic mass is 10.1. The van der Waals surface area contributed by atoms with E-state index in [2.05, 4.69) is 9.97 Å². The number of halogens is 1. The number of aromatic amines is 1. The molecule has 0 atom stereocenters. The molecule has 0 aliphatic rings. The highest BCUT2D eigenvalue weighted by molar-refractivity contribution is 7.22. The van der Waals surface area contributed by atoms with Gasteiger partial charge in [0.1, 0.15) is 4.70 Å². The van der Waals surface area contributed by atoms with Gasteiger partial charge in [0.05, 0.1) is 17.4 Å². The van der Waals surface area contributed by atoms with Gasteiger partial charge in [-0.3, -0.25) is 9.78 Å². The van der Waals surface area contributed by atoms with Gasteiger partial charge >= 0.3 is 5.69 Å². The number of rotatable bonds is 2. The molecule has 7 heteroatoms. The van der Waals surface area contributed by atoms with Gasteiger partial charge in [0.25, 0.3) is 5.56 Å². The average molecular weight is 406 g/mol. The van der Waals surface area contributed by atoms with E-state index < -0.39 is 5.69 Å². The molecule has 2 aromatic carbocycles. The third-order valence-corrected chi connectivity index (χ3v) is 6.09. The van der Waals surface area contributed by atoms with Crippen LogP contribution in [-0.4, -0.2) is 14.5 Å². The van der Waals surface area contributed by atoms with Gasteiger partial charge in [-0.15, -0.1) is 11.3 Å². The number of benzene rings is 2. The maximum absolute atomic E-state index is 13.2. The number of fused-ring (bicyclic) bond motifs is 2. The van der Waals surface area contributed by atoms with Crippen molar-refractivity contribution in [3.05, 3.63) is 92.9 Å². The van der Waals surface area contributed by atoms with E-state index in [9.17, 15) is 9.59 Å². The van der Waals surface area contributed by atoms with Crippen molar-refractivity contribution < 1.29 is 0 Å². The van der Waals surface area contributed by atoms with Crippen molar-refractivity contribution in [1.29, 1.82) is 0 Å². The highest BCUT2D eigenvalue weighted by Gasteiger charge is 2.16. The fourth-order valence-corrected chi connectivity index (χ4v) is 4.68. The highest BCUT2D eigenvalue weighted by atomic mass is 35.5. The van der Waals surface area contributed by atoms with Crippen molar-refractivity contribution in [2.75, 3.05) is 0 Å². The second-order valence-electron chi connectivity index (χ2n) is 6.28. The molecule has 0 saturated heterocycles. The second-order valence-corrected chi connectivity index (χ2v) is 7.74. The highest BCUT2D eigenvalue weighted by Crippen LogP contribution is 2.35. The van der Waals surface area contributed by atoms with Gasteiger partial charge in [-0.25, -0.2) is 9.36 Å². The zero-order valence-electron chi connectivity index (χ0n) is 14.3. The Bertz CT molecular complexity index is 1480. The summed E-state index contributed by atoms with van der Waals surface area (Å²) < 4.78 is 1.60. The maximum atomic E-state index is 13.2. The SMILES string of the molecule is O=c1[nH]c2cc(-c3ccccc3Cl)sc2c(=O)n1-c1cncc2ccccc12. The first-order chi connectivity index (χ1) is 13.6. The molecule has 5 aromatic rings. The molecule has 0 saturated carbocycles. The Morgan fingerprint density at radius 2 is 1.79 bits per heavy atom. The summed E-state index contributed by atoms with van der Waals surface area (Å²) in [7, 11) is 0. The number of hydrogen-bond acceptors (Lipinski definition) is 4. The molecule has 0 radical (unpaired) electrons. The van der Waals surface area contributed by atoms with Crippen LogP contribution in [0.3, 0.4) is 0 Å². The zero-order chi connectivity index (χ0) is 19.3. The summed E-state index contributed by atoms with van der Waals surface area (Å²) in [5.74, 6) is 0. The topological polar surface area (TPSA) is 67.8 Å². The lowest BCUT2D eigenvalue weighted by molar-refractivity contribution is 0.905. The number of nitrogens with one attached hydrogen (secondary N) is 1. The molecule has 3 aromatic heterocycles. The Labute approximate surface area is 167 Å². The van der Waals surface area contributed by atoms with E-state index in [-0.39, 0.29) is 5.56 Å². The Hall–Kier alpha value is -3.22. The van der Waals surface area contributed by atoms with Crippen LogP contribution in [0.2, 0.25) is 5.02 Å². The number of nitrogens with zero attached hydrogens (tertiary/aromatic N) is 2. The van der Waals surface area contributed by atoms with E-state index in [1.54, 1.807) is 18.3 Å². The average Bonchev–Trinajstić information content (AvgIpc) is 3.12. The second kappa shape index (κ2) is 6.44. The lowest BCUT2D eigenvalue weighted by Crippen LogP contribution is -2.33. The van der Waals surface area contributed by atoms with Gasteiger partial charge in [-0.05, 0) is 12.1 Å². The third kappa shape index (κ3) is 2.58. The minimum atomic E-state index is -0.501. The van der Waals surface area contributed by atoms with Crippen LogP contribution >= 0.6 is 22.9 Å². The first-order valence-electron chi connectivity index (χ1n) is 8.50. The Balaban J connectivity index is 1.81. The van der Waals surface area contributed by atoms with Crippen LogP contribution in [0, 0.1) is 0 Å². The Morgan fingerprint density at radius 3 is 2.64 bits per heavy atom. The zero-order valence-corrected chi connectivity index (χ0v) is 15.9. The summed E-state index contributed by atoms with van der Waals surface area (Å²) in [4.78, 5) is 33.8. The monoisotopic (exact) mass is 405 g/mol. The first-order valence-corrected chi connectivity index (χ1v) is 9.70. The van der Waals surface area contributed by atoms with E-state index in [1.165, 1.54) is 17.5 Å². The molecule has 0 spiro atoms. The predicted molar refractivity (Wildman–Crippen MR) is 114 cm³/mol. The van der Waals surface area contributed by atoms with Crippen LogP contribution in [0.4, 0.5) is 0 Å². The van der Waals surface area contributed by atoms with Gasteiger partial charge in [0.15, 0.2) is 0 Å². The smallest absolute Gasteiger partial charge is 0.306 e. The minimum Gasteiger partial charge on any atom is -0.306 e. The van der Waals surface area contributed by atoms with E-state index in [0.29, 0.717) is 20.9 Å². The van der Waals surface area contributed by atoms with Crippen LogP contribution in [0.15, 0.2) is 76.6 Å². The molecule has 0 bridgehead atoms. The van der Waals surface area contributed by atoms with Crippen molar-refractivity contribution in [2.24, 2.45) is 0 Å². The van der Waals surface area contributed by atoms with E-state index in [4.69, 9.17) is 11.6 Å². The Kier molecular flexibility index (Phi) is 3.89. The molecule has 0 aliphatic heterocycles. The van der Waals surface area contributed by atoms with Crippen molar-refractivity contribution >= 4 is 43.9 Å². The molecule has 0 fully saturated rings. The molecular weight excluding hydrogens is 394 g/mol. The van der Waals surface area contributed by atoms with Crippen LogP contribution in [0.25, 0.3) is 37.1 Å². The minimum absolute atomic E-state index is 0.375. The predicted octanol–water partition coefficient (Wildman–Crippen LogP) is 4.61. The van der Waals surface area contributed by atoms with Gasteiger partial charge < -0.3 is 4.98 Å². The molecule has 3 heterocycles. The van der Waals surface area contributed by atoms with E-state index >= 15 is 0 Å². The lowest BCUT2D eigenvalue weighted by Gasteiger charge is -2.07. The van der Waals surface area contributed by atoms with Crippen molar-refractivity contribution in [2.45, 2.75) is 0 Å². The fourth-order valence-electron chi connectivity index (χ4n) is 3.30. The Morgan fingerprint density at radius 1 is 1.00 bits per heavy atom. The van der Waals surface area contributed by atoms with Gasteiger partial charge in [0.2, 0.25) is 0 Å². The van der Waals surface area contributed by atoms with Crippen LogP contribution in [0.1, 0.15) is 0 Å². The molecular formula is C21H12ClN3O2S. The van der Waals surface area contributed by atoms with Crippen molar-refractivity contribution in [3.63, 3.8) is 0 Å².